The third kappa shape index (κ3) is 4.46. The molecule has 1 saturated heterocycles. The predicted molar refractivity (Wildman–Crippen MR) is 93.5 cm³/mol. The van der Waals surface area contributed by atoms with Crippen LogP contribution in [0, 0.1) is 11.6 Å². The fourth-order valence-corrected chi connectivity index (χ4v) is 2.65. The van der Waals surface area contributed by atoms with Crippen LogP contribution in [0.3, 0.4) is 0 Å². The van der Waals surface area contributed by atoms with Crippen LogP contribution in [0.25, 0.3) is 0 Å². The van der Waals surface area contributed by atoms with Crippen molar-refractivity contribution in [2.45, 2.75) is 13.0 Å². The zero-order valence-corrected chi connectivity index (χ0v) is 14.5. The number of nitrogens with one attached hydrogen (secondary N) is 1. The first-order valence-electron chi connectivity index (χ1n) is 7.79. The summed E-state index contributed by atoms with van der Waals surface area (Å²) in [6.07, 6.45) is 0. The van der Waals surface area contributed by atoms with Crippen LogP contribution in [0.1, 0.15) is 17.3 Å². The number of hydrogen-bond acceptors (Lipinski definition) is 3. The Balaban J connectivity index is 0.00000225. The zero-order valence-electron chi connectivity index (χ0n) is 13.7. The van der Waals surface area contributed by atoms with Crippen LogP contribution in [-0.2, 0) is 0 Å². The Hall–Kier alpha value is -2.18. The quantitative estimate of drug-likeness (QED) is 0.899. The monoisotopic (exact) mass is 368 g/mol. The number of carbonyl (C=O) groups excluding carboxylic acids is 1. The first kappa shape index (κ1) is 19.1. The summed E-state index contributed by atoms with van der Waals surface area (Å²) in [6, 6.07) is 10.1. The summed E-state index contributed by atoms with van der Waals surface area (Å²) in [5.41, 5.74) is 0.571. The molecule has 25 heavy (non-hydrogen) atoms. The van der Waals surface area contributed by atoms with E-state index in [1.54, 1.807) is 24.3 Å². The third-order valence-corrected chi connectivity index (χ3v) is 3.99. The minimum atomic E-state index is -0.966. The molecule has 7 heteroatoms. The van der Waals surface area contributed by atoms with Gasteiger partial charge in [-0.3, -0.25) is 4.79 Å². The molecule has 0 saturated carbocycles. The zero-order chi connectivity index (χ0) is 17.1. The van der Waals surface area contributed by atoms with Crippen molar-refractivity contribution in [1.29, 1.82) is 0 Å². The molecule has 1 aliphatic heterocycles. The maximum absolute atomic E-state index is 13.2. The van der Waals surface area contributed by atoms with Gasteiger partial charge in [0.1, 0.15) is 11.5 Å². The van der Waals surface area contributed by atoms with Crippen molar-refractivity contribution in [3.8, 4) is 11.5 Å². The highest BCUT2D eigenvalue weighted by Crippen LogP contribution is 2.24. The maximum atomic E-state index is 13.2. The highest BCUT2D eigenvalue weighted by Gasteiger charge is 2.23. The van der Waals surface area contributed by atoms with Crippen molar-refractivity contribution in [2.75, 3.05) is 19.6 Å². The Morgan fingerprint density at radius 1 is 1.12 bits per heavy atom. The fraction of sp³-hybridized carbons (Fsp3) is 0.278. The molecule has 3 rings (SSSR count). The van der Waals surface area contributed by atoms with E-state index < -0.39 is 11.6 Å². The molecule has 134 valence electrons. The van der Waals surface area contributed by atoms with Gasteiger partial charge >= 0.3 is 0 Å². The summed E-state index contributed by atoms with van der Waals surface area (Å²) in [6.45, 7) is 4.24. The van der Waals surface area contributed by atoms with Gasteiger partial charge in [-0.1, -0.05) is 0 Å². The van der Waals surface area contributed by atoms with Crippen molar-refractivity contribution in [3.05, 3.63) is 59.7 Å². The van der Waals surface area contributed by atoms with E-state index in [-0.39, 0.29) is 30.1 Å². The number of halogens is 3. The van der Waals surface area contributed by atoms with Gasteiger partial charge < -0.3 is 15.0 Å². The Labute approximate surface area is 151 Å². The van der Waals surface area contributed by atoms with Crippen molar-refractivity contribution < 1.29 is 18.3 Å². The van der Waals surface area contributed by atoms with Crippen LogP contribution < -0.4 is 10.1 Å². The van der Waals surface area contributed by atoms with Crippen LogP contribution in [0.15, 0.2) is 42.5 Å². The van der Waals surface area contributed by atoms with Crippen molar-refractivity contribution >= 4 is 18.3 Å². The standard InChI is InChI=1S/C18H18F2N2O2.ClH/c1-12-11-21-8-9-22(12)18(23)13-2-4-14(5-3-13)24-15-6-7-16(19)17(20)10-15;/h2-7,10,12,21H,8-9,11H2,1H3;1H/t12-;/m0./s1. The minimum absolute atomic E-state index is 0. The van der Waals surface area contributed by atoms with Gasteiger partial charge in [0, 0.05) is 37.3 Å². The lowest BCUT2D eigenvalue weighted by Gasteiger charge is -2.34. The third-order valence-electron chi connectivity index (χ3n) is 3.99. The van der Waals surface area contributed by atoms with Gasteiger partial charge in [-0.15, -0.1) is 12.4 Å². The van der Waals surface area contributed by atoms with Crippen LogP contribution in [-0.4, -0.2) is 36.5 Å². The average molecular weight is 369 g/mol. The van der Waals surface area contributed by atoms with Gasteiger partial charge in [0.15, 0.2) is 11.6 Å². The van der Waals surface area contributed by atoms with Gasteiger partial charge in [0.2, 0.25) is 0 Å². The van der Waals surface area contributed by atoms with Crippen molar-refractivity contribution in [1.82, 2.24) is 10.2 Å². The van der Waals surface area contributed by atoms with Crippen molar-refractivity contribution in [2.24, 2.45) is 0 Å². The number of piperazine rings is 1. The van der Waals surface area contributed by atoms with Gasteiger partial charge in [0.25, 0.3) is 5.91 Å². The van der Waals surface area contributed by atoms with Crippen LogP contribution in [0.4, 0.5) is 8.78 Å². The minimum Gasteiger partial charge on any atom is -0.457 e. The van der Waals surface area contributed by atoms with Crippen LogP contribution in [0.2, 0.25) is 0 Å². The highest BCUT2D eigenvalue weighted by molar-refractivity contribution is 5.94. The van der Waals surface area contributed by atoms with E-state index in [1.807, 2.05) is 11.8 Å². The molecule has 0 unspecified atom stereocenters. The normalized spacial score (nSPS) is 16.9. The SMILES string of the molecule is C[C@H]1CNCCN1C(=O)c1ccc(Oc2ccc(F)c(F)c2)cc1.Cl. The Kier molecular flexibility index (Phi) is 6.33. The van der Waals surface area contributed by atoms with E-state index >= 15 is 0 Å². The Bertz CT molecular complexity index is 740. The number of hydrogen-bond donors (Lipinski definition) is 1. The highest BCUT2D eigenvalue weighted by atomic mass is 35.5. The lowest BCUT2D eigenvalue weighted by molar-refractivity contribution is 0.0656. The lowest BCUT2D eigenvalue weighted by atomic mass is 10.1. The number of carbonyl (C=O) groups is 1. The fourth-order valence-electron chi connectivity index (χ4n) is 2.65. The summed E-state index contributed by atoms with van der Waals surface area (Å²) >= 11 is 0. The molecular formula is C18H19ClF2N2O2. The molecule has 4 nitrogen and oxygen atoms in total. The molecule has 0 aliphatic carbocycles. The number of amides is 1. The van der Waals surface area contributed by atoms with E-state index in [9.17, 15) is 13.6 Å². The predicted octanol–water partition coefficient (Wildman–Crippen LogP) is 3.61. The summed E-state index contributed by atoms with van der Waals surface area (Å²) in [5, 5.41) is 3.24. The second kappa shape index (κ2) is 8.27. The molecule has 2 aromatic rings. The topological polar surface area (TPSA) is 41.6 Å². The Morgan fingerprint density at radius 2 is 1.80 bits per heavy atom. The smallest absolute Gasteiger partial charge is 0.254 e. The van der Waals surface area contributed by atoms with Crippen molar-refractivity contribution in [3.63, 3.8) is 0 Å². The summed E-state index contributed by atoms with van der Waals surface area (Å²) in [5.74, 6) is -1.27. The average Bonchev–Trinajstić information content (AvgIpc) is 2.59. The first-order chi connectivity index (χ1) is 11.5. The van der Waals surface area contributed by atoms with E-state index in [0.717, 1.165) is 25.2 Å². The molecule has 0 bridgehead atoms. The molecule has 1 N–H and O–H groups in total. The number of ether oxygens (including phenoxy) is 1. The molecule has 0 radical (unpaired) electrons. The first-order valence-corrected chi connectivity index (χ1v) is 7.79. The summed E-state index contributed by atoms with van der Waals surface area (Å²) < 4.78 is 31.6. The lowest BCUT2D eigenvalue weighted by Crippen LogP contribution is -2.52. The van der Waals surface area contributed by atoms with Gasteiger partial charge in [0.05, 0.1) is 0 Å². The molecule has 1 heterocycles. The second-order valence-corrected chi connectivity index (χ2v) is 5.75. The van der Waals surface area contributed by atoms with Gasteiger partial charge in [-0.05, 0) is 43.3 Å². The van der Waals surface area contributed by atoms with E-state index in [0.29, 0.717) is 17.9 Å². The van der Waals surface area contributed by atoms with Gasteiger partial charge in [-0.25, -0.2) is 8.78 Å². The number of benzene rings is 2. The largest absolute Gasteiger partial charge is 0.457 e. The maximum Gasteiger partial charge on any atom is 0.254 e. The summed E-state index contributed by atoms with van der Waals surface area (Å²) in [4.78, 5) is 14.4. The van der Waals surface area contributed by atoms with Crippen LogP contribution >= 0.6 is 12.4 Å². The summed E-state index contributed by atoms with van der Waals surface area (Å²) in [7, 11) is 0. The Morgan fingerprint density at radius 3 is 2.44 bits per heavy atom. The molecule has 1 aliphatic rings. The van der Waals surface area contributed by atoms with E-state index in [4.69, 9.17) is 4.74 Å². The molecule has 1 atom stereocenters. The van der Waals surface area contributed by atoms with E-state index in [1.165, 1.54) is 6.07 Å². The molecule has 1 amide bonds. The number of rotatable bonds is 3. The molecule has 2 aromatic carbocycles. The second-order valence-electron chi connectivity index (χ2n) is 5.75. The molecule has 0 spiro atoms. The molecule has 1 fully saturated rings. The van der Waals surface area contributed by atoms with Crippen LogP contribution in [0.5, 0.6) is 11.5 Å². The molecule has 0 aromatic heterocycles. The molecular weight excluding hydrogens is 350 g/mol. The van der Waals surface area contributed by atoms with Gasteiger partial charge in [-0.2, -0.15) is 0 Å². The van der Waals surface area contributed by atoms with E-state index in [2.05, 4.69) is 5.32 Å². The number of nitrogens with zero attached hydrogens (tertiary/aromatic N) is 1.